The van der Waals surface area contributed by atoms with Crippen LogP contribution in [-0.2, 0) is 23.7 Å². The average Bonchev–Trinajstić information content (AvgIpc) is 2.74. The Hall–Kier alpha value is -0.910. The Labute approximate surface area is 126 Å². The smallest absolute Gasteiger partial charge is 0.334 e. The molecule has 0 bridgehead atoms. The van der Waals surface area contributed by atoms with Crippen molar-refractivity contribution in [1.29, 1.82) is 0 Å². The number of fused-ring (bicyclic) bond motifs is 1. The van der Waals surface area contributed by atoms with Crippen molar-refractivity contribution in [3.8, 4) is 0 Å². The van der Waals surface area contributed by atoms with Crippen molar-refractivity contribution < 1.29 is 23.7 Å². The Morgan fingerprint density at radius 3 is 2.14 bits per heavy atom. The van der Waals surface area contributed by atoms with E-state index in [0.29, 0.717) is 5.57 Å². The lowest BCUT2D eigenvalue weighted by molar-refractivity contribution is -0.226. The molecule has 0 aromatic carbocycles. The van der Waals surface area contributed by atoms with E-state index in [1.54, 1.807) is 7.11 Å². The Morgan fingerprint density at radius 2 is 1.67 bits per heavy atom. The summed E-state index contributed by atoms with van der Waals surface area (Å²) in [6.45, 7) is 12.0. The highest BCUT2D eigenvalue weighted by molar-refractivity contribution is 5.92. The summed E-state index contributed by atoms with van der Waals surface area (Å²) in [4.78, 5) is 12.4. The molecule has 0 aromatic rings. The summed E-state index contributed by atoms with van der Waals surface area (Å²) in [6.07, 6.45) is 0. The van der Waals surface area contributed by atoms with E-state index in [9.17, 15) is 4.79 Å². The maximum absolute atomic E-state index is 12.4. The fraction of sp³-hybridized carbons (Fsp3) is 0.812. The Kier molecular flexibility index (Phi) is 3.56. The van der Waals surface area contributed by atoms with Crippen molar-refractivity contribution in [3.63, 3.8) is 0 Å². The van der Waals surface area contributed by atoms with Crippen LogP contribution in [0.5, 0.6) is 0 Å². The van der Waals surface area contributed by atoms with E-state index in [2.05, 4.69) is 0 Å². The third-order valence-corrected chi connectivity index (χ3v) is 6.22. The summed E-state index contributed by atoms with van der Waals surface area (Å²) in [6, 6.07) is 0. The van der Waals surface area contributed by atoms with Gasteiger partial charge < -0.3 is 18.9 Å². The highest BCUT2D eigenvalue weighted by atomic mass is 16.7. The van der Waals surface area contributed by atoms with E-state index in [4.69, 9.17) is 18.9 Å². The zero-order valence-electron chi connectivity index (χ0n) is 14.2. The van der Waals surface area contributed by atoms with Crippen LogP contribution >= 0.6 is 0 Å². The van der Waals surface area contributed by atoms with Gasteiger partial charge in [-0.3, -0.25) is 0 Å². The van der Waals surface area contributed by atoms with Gasteiger partial charge in [-0.2, -0.15) is 0 Å². The molecule has 3 atom stereocenters. The molecule has 1 fully saturated rings. The molecular weight excluding hydrogens is 272 g/mol. The molecule has 1 aliphatic heterocycles. The summed E-state index contributed by atoms with van der Waals surface area (Å²) in [5.74, 6) is -0.348. The number of carbonyl (C=O) groups excluding carboxylic acids is 1. The van der Waals surface area contributed by atoms with E-state index >= 15 is 0 Å². The van der Waals surface area contributed by atoms with Crippen LogP contribution in [0.4, 0.5) is 0 Å². The van der Waals surface area contributed by atoms with Gasteiger partial charge in [0.05, 0.1) is 7.11 Å². The molecule has 2 aliphatic rings. The molecule has 120 valence electrons. The number of hydrogen-bond acceptors (Lipinski definition) is 5. The topological polar surface area (TPSA) is 54.0 Å². The summed E-state index contributed by atoms with van der Waals surface area (Å²) in [7, 11) is 3.04. The lowest BCUT2D eigenvalue weighted by Crippen LogP contribution is -2.72. The van der Waals surface area contributed by atoms with Crippen molar-refractivity contribution in [3.05, 3.63) is 11.1 Å². The number of carbonyl (C=O) groups is 1. The second-order valence-electron chi connectivity index (χ2n) is 6.83. The van der Waals surface area contributed by atoms with Crippen molar-refractivity contribution in [2.24, 2.45) is 5.41 Å². The normalized spacial score (nSPS) is 41.9. The minimum Gasteiger partial charge on any atom is -0.466 e. The van der Waals surface area contributed by atoms with Gasteiger partial charge in [0.2, 0.25) is 0 Å². The summed E-state index contributed by atoms with van der Waals surface area (Å²) in [5, 5.41) is 0. The largest absolute Gasteiger partial charge is 0.466 e. The first-order valence-electron chi connectivity index (χ1n) is 7.16. The fourth-order valence-corrected chi connectivity index (χ4v) is 4.10. The van der Waals surface area contributed by atoms with Crippen LogP contribution in [0, 0.1) is 5.41 Å². The Balaban J connectivity index is 2.84. The molecule has 5 heteroatoms. The molecule has 0 saturated carbocycles. The molecule has 21 heavy (non-hydrogen) atoms. The van der Waals surface area contributed by atoms with Crippen molar-refractivity contribution in [2.45, 2.75) is 58.3 Å². The molecule has 1 saturated heterocycles. The van der Waals surface area contributed by atoms with Crippen molar-refractivity contribution >= 4 is 5.97 Å². The number of hydrogen-bond donors (Lipinski definition) is 0. The quantitative estimate of drug-likeness (QED) is 0.733. The molecule has 0 radical (unpaired) electrons. The van der Waals surface area contributed by atoms with Crippen LogP contribution in [0.1, 0.15) is 41.5 Å². The highest BCUT2D eigenvalue weighted by Gasteiger charge is 2.72. The van der Waals surface area contributed by atoms with Gasteiger partial charge in [0, 0.05) is 18.1 Å². The monoisotopic (exact) mass is 298 g/mol. The predicted octanol–water partition coefficient (Wildman–Crippen LogP) is 2.44. The standard InChI is InChI=1S/C16H26O5/c1-10-11(12(17)18-7)13(2,3)15(5,19-8)16(6)14(10,4)20-9-21-16/h9H2,1-8H3. The van der Waals surface area contributed by atoms with E-state index in [1.807, 2.05) is 41.5 Å². The first kappa shape index (κ1) is 16.5. The lowest BCUT2D eigenvalue weighted by atomic mass is 9.52. The highest BCUT2D eigenvalue weighted by Crippen LogP contribution is 2.61. The lowest BCUT2D eigenvalue weighted by Gasteiger charge is -2.60. The van der Waals surface area contributed by atoms with Crippen LogP contribution in [-0.4, -0.2) is 43.8 Å². The van der Waals surface area contributed by atoms with Gasteiger partial charge in [0.25, 0.3) is 0 Å². The molecule has 3 unspecified atom stereocenters. The number of esters is 1. The van der Waals surface area contributed by atoms with Gasteiger partial charge in [0.15, 0.2) is 0 Å². The molecule has 0 N–H and O–H groups in total. The minimum absolute atomic E-state index is 0.174. The van der Waals surface area contributed by atoms with Gasteiger partial charge in [0.1, 0.15) is 23.6 Å². The molecule has 1 aliphatic carbocycles. The fourth-order valence-electron chi connectivity index (χ4n) is 4.10. The first-order valence-corrected chi connectivity index (χ1v) is 7.16. The van der Waals surface area contributed by atoms with E-state index in [1.165, 1.54) is 7.11 Å². The first-order chi connectivity index (χ1) is 9.53. The van der Waals surface area contributed by atoms with Gasteiger partial charge in [-0.05, 0) is 33.3 Å². The van der Waals surface area contributed by atoms with Gasteiger partial charge in [-0.25, -0.2) is 4.79 Å². The molecule has 0 amide bonds. The third-order valence-electron chi connectivity index (χ3n) is 6.22. The van der Waals surface area contributed by atoms with Crippen molar-refractivity contribution in [1.82, 2.24) is 0 Å². The Morgan fingerprint density at radius 1 is 1.10 bits per heavy atom. The average molecular weight is 298 g/mol. The second-order valence-corrected chi connectivity index (χ2v) is 6.83. The molecular formula is C16H26O5. The van der Waals surface area contributed by atoms with Gasteiger partial charge in [-0.15, -0.1) is 0 Å². The molecule has 1 heterocycles. The van der Waals surface area contributed by atoms with Crippen LogP contribution in [0.2, 0.25) is 0 Å². The van der Waals surface area contributed by atoms with E-state index < -0.39 is 22.2 Å². The van der Waals surface area contributed by atoms with Crippen LogP contribution < -0.4 is 0 Å². The number of methoxy groups -OCH3 is 2. The van der Waals surface area contributed by atoms with Crippen LogP contribution in [0.25, 0.3) is 0 Å². The van der Waals surface area contributed by atoms with Crippen LogP contribution in [0.15, 0.2) is 11.1 Å². The second kappa shape index (κ2) is 4.54. The number of ether oxygens (including phenoxy) is 4. The maximum Gasteiger partial charge on any atom is 0.334 e. The third kappa shape index (κ3) is 1.60. The number of rotatable bonds is 2. The zero-order valence-corrected chi connectivity index (χ0v) is 14.2. The zero-order chi connectivity index (χ0) is 16.3. The van der Waals surface area contributed by atoms with E-state index in [-0.39, 0.29) is 12.8 Å². The van der Waals surface area contributed by atoms with E-state index in [0.717, 1.165) is 5.57 Å². The van der Waals surface area contributed by atoms with Gasteiger partial charge in [-0.1, -0.05) is 13.8 Å². The van der Waals surface area contributed by atoms with Crippen LogP contribution in [0.3, 0.4) is 0 Å². The molecule has 0 spiro atoms. The summed E-state index contributed by atoms with van der Waals surface area (Å²) >= 11 is 0. The summed E-state index contributed by atoms with van der Waals surface area (Å²) in [5.41, 5.74) is -1.36. The maximum atomic E-state index is 12.4. The Bertz CT molecular complexity index is 509. The van der Waals surface area contributed by atoms with Gasteiger partial charge >= 0.3 is 5.97 Å². The minimum atomic E-state index is -0.756. The molecule has 5 nitrogen and oxygen atoms in total. The molecule has 2 rings (SSSR count). The summed E-state index contributed by atoms with van der Waals surface area (Å²) < 4.78 is 22.8. The van der Waals surface area contributed by atoms with Crippen molar-refractivity contribution in [2.75, 3.05) is 21.0 Å². The molecule has 0 aromatic heterocycles. The SMILES string of the molecule is COC(=O)C1=C(C)C2(C)OCOC2(C)C(C)(OC)C1(C)C. The predicted molar refractivity (Wildman–Crippen MR) is 77.8 cm³/mol.